The standard InChI is InChI=1S/C15H32N2S/c1-7-13-10-16-14(4,5)11-17(13)12-15(8-2,9-3)18-6/h13,16H,7-12H2,1-6H3. The molecule has 1 rings (SSSR count). The molecule has 0 spiro atoms. The number of piperazine rings is 1. The van der Waals surface area contributed by atoms with Crippen molar-refractivity contribution in [2.75, 3.05) is 25.9 Å². The lowest BCUT2D eigenvalue weighted by Crippen LogP contribution is -2.63. The number of thioether (sulfide) groups is 1. The zero-order valence-corrected chi connectivity index (χ0v) is 14.0. The number of hydrogen-bond acceptors (Lipinski definition) is 3. The molecule has 0 aromatic rings. The van der Waals surface area contributed by atoms with Gasteiger partial charge in [0.25, 0.3) is 0 Å². The summed E-state index contributed by atoms with van der Waals surface area (Å²) in [6.45, 7) is 15.2. The number of nitrogens with zero attached hydrogens (tertiary/aromatic N) is 1. The van der Waals surface area contributed by atoms with Crippen molar-refractivity contribution >= 4 is 11.8 Å². The van der Waals surface area contributed by atoms with Crippen molar-refractivity contribution in [1.82, 2.24) is 10.2 Å². The summed E-state index contributed by atoms with van der Waals surface area (Å²) in [6.07, 6.45) is 6.07. The van der Waals surface area contributed by atoms with Crippen LogP contribution in [0.3, 0.4) is 0 Å². The fourth-order valence-corrected chi connectivity index (χ4v) is 3.87. The fraction of sp³-hybridized carbons (Fsp3) is 1.00. The second-order valence-electron chi connectivity index (χ2n) is 6.33. The largest absolute Gasteiger partial charge is 0.309 e. The summed E-state index contributed by atoms with van der Waals surface area (Å²) in [4.78, 5) is 2.74. The monoisotopic (exact) mass is 272 g/mol. The maximum absolute atomic E-state index is 3.68. The second kappa shape index (κ2) is 6.62. The molecule has 2 nitrogen and oxygen atoms in total. The van der Waals surface area contributed by atoms with Crippen molar-refractivity contribution in [2.45, 2.75) is 70.2 Å². The molecule has 0 radical (unpaired) electrons. The lowest BCUT2D eigenvalue weighted by Gasteiger charge is -2.48. The molecule has 1 heterocycles. The zero-order chi connectivity index (χ0) is 13.8. The van der Waals surface area contributed by atoms with E-state index in [0.717, 1.165) is 6.54 Å². The van der Waals surface area contributed by atoms with Crippen LogP contribution in [0, 0.1) is 0 Å². The van der Waals surface area contributed by atoms with E-state index in [1.807, 2.05) is 0 Å². The molecule has 0 aliphatic carbocycles. The molecule has 1 aliphatic rings. The van der Waals surface area contributed by atoms with Crippen LogP contribution in [0.4, 0.5) is 0 Å². The highest BCUT2D eigenvalue weighted by atomic mass is 32.2. The van der Waals surface area contributed by atoms with Crippen LogP contribution in [0.2, 0.25) is 0 Å². The molecule has 1 N–H and O–H groups in total. The summed E-state index contributed by atoms with van der Waals surface area (Å²) in [5.41, 5.74) is 0.261. The van der Waals surface area contributed by atoms with Crippen molar-refractivity contribution in [3.05, 3.63) is 0 Å². The van der Waals surface area contributed by atoms with Crippen LogP contribution in [0.1, 0.15) is 53.9 Å². The molecule has 1 fully saturated rings. The Kier molecular flexibility index (Phi) is 6.01. The van der Waals surface area contributed by atoms with Gasteiger partial charge in [-0.15, -0.1) is 0 Å². The van der Waals surface area contributed by atoms with Crippen molar-refractivity contribution in [3.8, 4) is 0 Å². The summed E-state index contributed by atoms with van der Waals surface area (Å²) in [5.74, 6) is 0. The molecule has 1 unspecified atom stereocenters. The van der Waals surface area contributed by atoms with Crippen LogP contribution in [-0.4, -0.2) is 47.1 Å². The van der Waals surface area contributed by atoms with Crippen molar-refractivity contribution in [3.63, 3.8) is 0 Å². The minimum absolute atomic E-state index is 0.261. The van der Waals surface area contributed by atoms with Crippen molar-refractivity contribution in [2.24, 2.45) is 0 Å². The van der Waals surface area contributed by atoms with E-state index in [9.17, 15) is 0 Å². The smallest absolute Gasteiger partial charge is 0.0279 e. The molecular formula is C15H32N2S. The quantitative estimate of drug-likeness (QED) is 0.798. The molecule has 1 aliphatic heterocycles. The van der Waals surface area contributed by atoms with E-state index < -0.39 is 0 Å². The first-order chi connectivity index (χ1) is 8.42. The van der Waals surface area contributed by atoms with Gasteiger partial charge in [-0.25, -0.2) is 0 Å². The molecule has 108 valence electrons. The average Bonchev–Trinajstić information content (AvgIpc) is 2.35. The van der Waals surface area contributed by atoms with E-state index >= 15 is 0 Å². The van der Waals surface area contributed by atoms with Gasteiger partial charge < -0.3 is 5.32 Å². The molecule has 0 aromatic carbocycles. The predicted molar refractivity (Wildman–Crippen MR) is 84.6 cm³/mol. The first kappa shape index (κ1) is 16.3. The molecule has 1 saturated heterocycles. The Hall–Kier alpha value is 0.270. The summed E-state index contributed by atoms with van der Waals surface area (Å²) in [5, 5.41) is 3.68. The van der Waals surface area contributed by atoms with E-state index in [1.165, 1.54) is 32.4 Å². The Morgan fingerprint density at radius 3 is 2.33 bits per heavy atom. The second-order valence-corrected chi connectivity index (χ2v) is 7.60. The SMILES string of the molecule is CCC1CNC(C)(C)CN1CC(CC)(CC)SC. The van der Waals surface area contributed by atoms with E-state index in [-0.39, 0.29) is 5.54 Å². The van der Waals surface area contributed by atoms with Gasteiger partial charge in [0.05, 0.1) is 0 Å². The topological polar surface area (TPSA) is 15.3 Å². The van der Waals surface area contributed by atoms with Gasteiger partial charge in [-0.3, -0.25) is 4.90 Å². The Balaban J connectivity index is 2.77. The van der Waals surface area contributed by atoms with Gasteiger partial charge >= 0.3 is 0 Å². The first-order valence-electron chi connectivity index (χ1n) is 7.46. The molecule has 0 bridgehead atoms. The van der Waals surface area contributed by atoms with Gasteiger partial charge in [-0.2, -0.15) is 11.8 Å². The Labute approximate surface area is 118 Å². The maximum atomic E-state index is 3.68. The third-order valence-electron chi connectivity index (χ3n) is 4.62. The van der Waals surface area contributed by atoms with Crippen molar-refractivity contribution in [1.29, 1.82) is 0 Å². The summed E-state index contributed by atoms with van der Waals surface area (Å²) < 4.78 is 0.445. The lowest BCUT2D eigenvalue weighted by molar-refractivity contribution is 0.0812. The minimum Gasteiger partial charge on any atom is -0.309 e. The van der Waals surface area contributed by atoms with Crippen LogP contribution in [0.5, 0.6) is 0 Å². The number of nitrogens with one attached hydrogen (secondary N) is 1. The molecule has 3 heteroatoms. The Morgan fingerprint density at radius 1 is 1.28 bits per heavy atom. The van der Waals surface area contributed by atoms with Crippen LogP contribution in [-0.2, 0) is 0 Å². The van der Waals surface area contributed by atoms with Crippen LogP contribution >= 0.6 is 11.8 Å². The van der Waals surface area contributed by atoms with Crippen LogP contribution < -0.4 is 5.32 Å². The molecule has 1 atom stereocenters. The average molecular weight is 273 g/mol. The fourth-order valence-electron chi connectivity index (χ4n) is 3.00. The van der Waals surface area contributed by atoms with Gasteiger partial charge in [-0.05, 0) is 39.4 Å². The highest BCUT2D eigenvalue weighted by molar-refractivity contribution is 8.00. The molecule has 18 heavy (non-hydrogen) atoms. The molecule has 0 amide bonds. The summed E-state index contributed by atoms with van der Waals surface area (Å²) in [6, 6.07) is 0.711. The van der Waals surface area contributed by atoms with E-state index in [0.29, 0.717) is 10.8 Å². The molecule has 0 aromatic heterocycles. The first-order valence-corrected chi connectivity index (χ1v) is 8.68. The van der Waals surface area contributed by atoms with Gasteiger partial charge in [0.1, 0.15) is 0 Å². The summed E-state index contributed by atoms with van der Waals surface area (Å²) in [7, 11) is 0. The number of rotatable bonds is 6. The Morgan fingerprint density at radius 2 is 1.89 bits per heavy atom. The van der Waals surface area contributed by atoms with Crippen LogP contribution in [0.15, 0.2) is 0 Å². The van der Waals surface area contributed by atoms with Gasteiger partial charge in [0.2, 0.25) is 0 Å². The van der Waals surface area contributed by atoms with E-state index in [4.69, 9.17) is 0 Å². The minimum atomic E-state index is 0.261. The highest BCUT2D eigenvalue weighted by Gasteiger charge is 2.36. The third kappa shape index (κ3) is 3.88. The Bertz CT molecular complexity index is 241. The molecule has 0 saturated carbocycles. The van der Waals surface area contributed by atoms with E-state index in [2.05, 4.69) is 62.9 Å². The maximum Gasteiger partial charge on any atom is 0.0279 e. The lowest BCUT2D eigenvalue weighted by atomic mass is 9.94. The van der Waals surface area contributed by atoms with Crippen molar-refractivity contribution < 1.29 is 0 Å². The van der Waals surface area contributed by atoms with Gasteiger partial charge in [0, 0.05) is 36.0 Å². The molecular weight excluding hydrogens is 240 g/mol. The summed E-state index contributed by atoms with van der Waals surface area (Å²) >= 11 is 2.06. The zero-order valence-electron chi connectivity index (χ0n) is 13.2. The van der Waals surface area contributed by atoms with Crippen LogP contribution in [0.25, 0.3) is 0 Å². The number of hydrogen-bond donors (Lipinski definition) is 1. The van der Waals surface area contributed by atoms with Gasteiger partial charge in [0.15, 0.2) is 0 Å². The third-order valence-corrected chi connectivity index (χ3v) is 6.19. The predicted octanol–water partition coefficient (Wildman–Crippen LogP) is 3.37. The van der Waals surface area contributed by atoms with Gasteiger partial charge in [-0.1, -0.05) is 20.8 Å². The normalized spacial score (nSPS) is 25.3. The van der Waals surface area contributed by atoms with E-state index in [1.54, 1.807) is 0 Å². The highest BCUT2D eigenvalue weighted by Crippen LogP contribution is 2.33.